The Labute approximate surface area is 205 Å². The fourth-order valence-corrected chi connectivity index (χ4v) is 4.99. The average Bonchev–Trinajstić information content (AvgIpc) is 3.18. The van der Waals surface area contributed by atoms with Crippen molar-refractivity contribution >= 4 is 17.6 Å². The fraction of sp³-hybridized carbons (Fsp3) is 0.370. The van der Waals surface area contributed by atoms with E-state index in [1.807, 2.05) is 38.1 Å². The van der Waals surface area contributed by atoms with Gasteiger partial charge in [0.2, 0.25) is 0 Å². The lowest BCUT2D eigenvalue weighted by atomic mass is 9.80. The molecule has 35 heavy (non-hydrogen) atoms. The molecule has 2 aliphatic heterocycles. The minimum atomic E-state index is -0.655. The summed E-state index contributed by atoms with van der Waals surface area (Å²) in [5.41, 5.74) is 9.86. The van der Waals surface area contributed by atoms with Gasteiger partial charge >= 0.3 is 11.9 Å². The van der Waals surface area contributed by atoms with Crippen LogP contribution < -0.4 is 11.1 Å². The molecule has 1 aromatic carbocycles. The van der Waals surface area contributed by atoms with Crippen molar-refractivity contribution in [2.75, 3.05) is 25.9 Å². The number of rotatable bonds is 6. The Hall–Kier alpha value is -3.65. The summed E-state index contributed by atoms with van der Waals surface area (Å²) in [7, 11) is 1.33. The van der Waals surface area contributed by atoms with Crippen molar-refractivity contribution in [2.24, 2.45) is 0 Å². The monoisotopic (exact) mass is 476 g/mol. The number of allylic oxidation sites excluding steroid dienone is 2. The molecule has 0 radical (unpaired) electrons. The van der Waals surface area contributed by atoms with Gasteiger partial charge in [-0.05, 0) is 56.2 Å². The lowest BCUT2D eigenvalue weighted by Gasteiger charge is -2.33. The molecule has 1 aromatic heterocycles. The number of anilines is 1. The number of pyridine rings is 1. The molecule has 8 heteroatoms. The molecule has 0 spiro atoms. The molecular weight excluding hydrogens is 444 g/mol. The summed E-state index contributed by atoms with van der Waals surface area (Å²) in [4.78, 5) is 32.9. The van der Waals surface area contributed by atoms with Gasteiger partial charge in [0.05, 0.1) is 24.2 Å². The van der Waals surface area contributed by atoms with Gasteiger partial charge in [-0.25, -0.2) is 9.59 Å². The number of nitrogens with two attached hydrogens (primary N) is 1. The number of esters is 2. The summed E-state index contributed by atoms with van der Waals surface area (Å²) in [6, 6.07) is 11.2. The zero-order chi connectivity index (χ0) is 25.2. The van der Waals surface area contributed by atoms with E-state index in [9.17, 15) is 9.59 Å². The van der Waals surface area contributed by atoms with Gasteiger partial charge in [0.1, 0.15) is 5.60 Å². The van der Waals surface area contributed by atoms with Crippen LogP contribution in [0.15, 0.2) is 71.3 Å². The summed E-state index contributed by atoms with van der Waals surface area (Å²) < 4.78 is 11.2. The molecule has 1 saturated heterocycles. The number of nitrogens with one attached hydrogen (secondary N) is 1. The molecule has 8 nitrogen and oxygen atoms in total. The van der Waals surface area contributed by atoms with Gasteiger partial charge in [-0.2, -0.15) is 0 Å². The van der Waals surface area contributed by atoms with Gasteiger partial charge in [0.25, 0.3) is 0 Å². The first-order valence-corrected chi connectivity index (χ1v) is 11.7. The zero-order valence-electron chi connectivity index (χ0n) is 20.6. The molecule has 3 N–H and O–H groups in total. The van der Waals surface area contributed by atoms with Crippen LogP contribution in [0.3, 0.4) is 0 Å². The Balaban J connectivity index is 1.61. The van der Waals surface area contributed by atoms with E-state index in [2.05, 4.69) is 15.2 Å². The highest BCUT2D eigenvalue weighted by atomic mass is 16.6. The molecule has 1 fully saturated rings. The van der Waals surface area contributed by atoms with E-state index in [4.69, 9.17) is 15.2 Å². The number of hydrogen-bond donors (Lipinski definition) is 2. The predicted octanol–water partition coefficient (Wildman–Crippen LogP) is 3.28. The van der Waals surface area contributed by atoms with Crippen molar-refractivity contribution in [1.29, 1.82) is 0 Å². The molecule has 3 heterocycles. The number of carbonyl (C=O) groups excluding carboxylic acids is 2. The summed E-state index contributed by atoms with van der Waals surface area (Å²) >= 11 is 0. The molecule has 0 aliphatic carbocycles. The molecule has 2 aliphatic rings. The van der Waals surface area contributed by atoms with Crippen LogP contribution in [-0.4, -0.2) is 47.6 Å². The molecule has 0 amide bonds. The second-order valence-corrected chi connectivity index (χ2v) is 9.45. The highest BCUT2D eigenvalue weighted by molar-refractivity contribution is 6.00. The largest absolute Gasteiger partial charge is 0.466 e. The van der Waals surface area contributed by atoms with E-state index in [0.29, 0.717) is 41.2 Å². The summed E-state index contributed by atoms with van der Waals surface area (Å²) in [5.74, 6) is -1.61. The molecule has 4 rings (SSSR count). The van der Waals surface area contributed by atoms with E-state index in [1.54, 1.807) is 31.5 Å². The lowest BCUT2D eigenvalue weighted by molar-refractivity contribution is -0.152. The first-order chi connectivity index (χ1) is 16.7. The predicted molar refractivity (Wildman–Crippen MR) is 133 cm³/mol. The molecule has 184 valence electrons. The van der Waals surface area contributed by atoms with E-state index < -0.39 is 23.5 Å². The minimum Gasteiger partial charge on any atom is -0.466 e. The highest BCUT2D eigenvalue weighted by Crippen LogP contribution is 2.40. The van der Waals surface area contributed by atoms with Gasteiger partial charge in [0, 0.05) is 55.5 Å². The van der Waals surface area contributed by atoms with Crippen LogP contribution in [0.4, 0.5) is 5.69 Å². The van der Waals surface area contributed by atoms with Crippen LogP contribution in [0.5, 0.6) is 0 Å². The van der Waals surface area contributed by atoms with Gasteiger partial charge in [0.15, 0.2) is 0 Å². The number of aromatic nitrogens is 1. The van der Waals surface area contributed by atoms with Crippen molar-refractivity contribution in [3.05, 3.63) is 82.5 Å². The van der Waals surface area contributed by atoms with Crippen LogP contribution in [0.25, 0.3) is 0 Å². The number of nitrogen functional groups attached to an aromatic ring is 1. The minimum absolute atomic E-state index is 0.367. The Kier molecular flexibility index (Phi) is 6.93. The maximum Gasteiger partial charge on any atom is 0.337 e. The number of ether oxygens (including phenoxy) is 2. The van der Waals surface area contributed by atoms with Crippen LogP contribution >= 0.6 is 0 Å². The zero-order valence-corrected chi connectivity index (χ0v) is 20.6. The number of benzene rings is 1. The normalized spacial score (nSPS) is 22.7. The lowest BCUT2D eigenvalue weighted by Crippen LogP contribution is -2.38. The van der Waals surface area contributed by atoms with Crippen LogP contribution in [0.1, 0.15) is 44.2 Å². The van der Waals surface area contributed by atoms with E-state index in [1.165, 1.54) is 7.11 Å². The third-order valence-corrected chi connectivity index (χ3v) is 6.64. The van der Waals surface area contributed by atoms with Crippen LogP contribution in [0, 0.1) is 0 Å². The Bertz CT molecular complexity index is 1190. The first kappa shape index (κ1) is 24.5. The van der Waals surface area contributed by atoms with E-state index in [-0.39, 0.29) is 0 Å². The van der Waals surface area contributed by atoms with Gasteiger partial charge < -0.3 is 20.5 Å². The van der Waals surface area contributed by atoms with Crippen LogP contribution in [0.2, 0.25) is 0 Å². The summed E-state index contributed by atoms with van der Waals surface area (Å²) in [5, 5.41) is 3.18. The van der Waals surface area contributed by atoms with Crippen LogP contribution in [-0.2, 0) is 25.6 Å². The maximum absolute atomic E-state index is 13.7. The molecule has 2 atom stereocenters. The Morgan fingerprint density at radius 1 is 1.14 bits per heavy atom. The number of likely N-dealkylation sites (tertiary alicyclic amines) is 1. The van der Waals surface area contributed by atoms with Crippen molar-refractivity contribution in [1.82, 2.24) is 15.2 Å². The second-order valence-electron chi connectivity index (χ2n) is 9.45. The summed E-state index contributed by atoms with van der Waals surface area (Å²) in [6.07, 6.45) is 4.27. The molecule has 2 aromatic rings. The smallest absolute Gasteiger partial charge is 0.337 e. The SMILES string of the molecule is COC(=O)C1=C(C)NC(C)=C(C(=O)OC2(C)CCN(Cc3ccncc3)C2)C1c1cccc(N)c1. The first-order valence-electron chi connectivity index (χ1n) is 11.7. The van der Waals surface area contributed by atoms with Gasteiger partial charge in [-0.3, -0.25) is 9.88 Å². The quantitative estimate of drug-likeness (QED) is 0.483. The molecule has 0 saturated carbocycles. The van der Waals surface area contributed by atoms with Gasteiger partial charge in [-0.1, -0.05) is 12.1 Å². The molecule has 0 bridgehead atoms. The highest BCUT2D eigenvalue weighted by Gasteiger charge is 2.42. The Morgan fingerprint density at radius 3 is 2.49 bits per heavy atom. The van der Waals surface area contributed by atoms with Gasteiger partial charge in [-0.15, -0.1) is 0 Å². The van der Waals surface area contributed by atoms with Crippen molar-refractivity contribution in [3.8, 4) is 0 Å². The third-order valence-electron chi connectivity index (χ3n) is 6.64. The number of hydrogen-bond acceptors (Lipinski definition) is 8. The van der Waals surface area contributed by atoms with E-state index >= 15 is 0 Å². The fourth-order valence-electron chi connectivity index (χ4n) is 4.99. The average molecular weight is 477 g/mol. The van der Waals surface area contributed by atoms with Crippen molar-refractivity contribution in [3.63, 3.8) is 0 Å². The number of carbonyl (C=O) groups is 2. The van der Waals surface area contributed by atoms with E-state index in [0.717, 1.165) is 24.2 Å². The standard InChI is InChI=1S/C27H32N4O4/c1-17-22(25(32)34-4)24(20-6-5-7-21(28)14-20)23(18(2)30-17)26(33)35-27(3)10-13-31(16-27)15-19-8-11-29-12-9-19/h5-9,11-12,14,24,30H,10,13,15-16,28H2,1-4H3. The second kappa shape index (κ2) is 9.92. The topological polar surface area (TPSA) is 107 Å². The number of dihydropyridines is 1. The summed E-state index contributed by atoms with van der Waals surface area (Å²) in [6.45, 7) is 7.77. The Morgan fingerprint density at radius 2 is 1.83 bits per heavy atom. The molecular formula is C27H32N4O4. The number of methoxy groups -OCH3 is 1. The van der Waals surface area contributed by atoms with Crippen molar-refractivity contribution in [2.45, 2.75) is 45.3 Å². The van der Waals surface area contributed by atoms with Crippen molar-refractivity contribution < 1.29 is 19.1 Å². The maximum atomic E-state index is 13.7. The third kappa shape index (κ3) is 5.22. The molecule has 2 unspecified atom stereocenters. The number of nitrogens with zero attached hydrogens (tertiary/aromatic N) is 2.